The van der Waals surface area contributed by atoms with Crippen molar-refractivity contribution >= 4 is 57.5 Å². The highest BCUT2D eigenvalue weighted by molar-refractivity contribution is 7.99. The zero-order valence-electron chi connectivity index (χ0n) is 18.4. The highest BCUT2D eigenvalue weighted by Crippen LogP contribution is 2.24. The summed E-state index contributed by atoms with van der Waals surface area (Å²) in [4.78, 5) is 30.5. The summed E-state index contributed by atoms with van der Waals surface area (Å²) >= 11 is 13.2. The van der Waals surface area contributed by atoms with Gasteiger partial charge in [0, 0.05) is 0 Å². The zero-order valence-corrected chi connectivity index (χ0v) is 20.7. The van der Waals surface area contributed by atoms with E-state index in [1.165, 1.54) is 11.8 Å². The molecule has 0 atom stereocenters. The van der Waals surface area contributed by atoms with Gasteiger partial charge in [-0.2, -0.15) is 5.10 Å². The van der Waals surface area contributed by atoms with Gasteiger partial charge in [0.2, 0.25) is 0 Å². The Bertz CT molecular complexity index is 1480. The number of aromatic nitrogens is 2. The topological polar surface area (TPSA) is 76.3 Å². The first-order valence-corrected chi connectivity index (χ1v) is 12.1. The molecule has 1 amide bonds. The van der Waals surface area contributed by atoms with Crippen molar-refractivity contribution in [1.82, 2.24) is 15.0 Å². The van der Waals surface area contributed by atoms with Gasteiger partial charge in [-0.3, -0.25) is 14.2 Å². The molecule has 0 spiro atoms. The second-order valence-corrected chi connectivity index (χ2v) is 9.25. The predicted octanol–water partition coefficient (Wildman–Crippen LogP) is 5.63. The van der Waals surface area contributed by atoms with Crippen molar-refractivity contribution in [3.05, 3.63) is 98.3 Å². The minimum atomic E-state index is -0.330. The van der Waals surface area contributed by atoms with Gasteiger partial charge in [-0.05, 0) is 55.3 Å². The Hall–Kier alpha value is -3.13. The molecular weight excluding hydrogens is 491 g/mol. The molecule has 172 valence electrons. The highest BCUT2D eigenvalue weighted by Gasteiger charge is 2.16. The fourth-order valence-corrected chi connectivity index (χ4v) is 4.43. The zero-order chi connectivity index (χ0) is 24.2. The van der Waals surface area contributed by atoms with E-state index in [0.29, 0.717) is 31.8 Å². The predicted molar refractivity (Wildman–Crippen MR) is 140 cm³/mol. The van der Waals surface area contributed by atoms with E-state index in [1.54, 1.807) is 41.8 Å². The molecule has 0 aliphatic rings. The maximum atomic E-state index is 13.3. The van der Waals surface area contributed by atoms with Gasteiger partial charge >= 0.3 is 0 Å². The molecule has 0 saturated carbocycles. The number of para-hydroxylation sites is 2. The van der Waals surface area contributed by atoms with Crippen LogP contribution in [0.5, 0.6) is 0 Å². The number of thioether (sulfide) groups is 1. The summed E-state index contributed by atoms with van der Waals surface area (Å²) < 4.78 is 1.56. The molecule has 0 radical (unpaired) electrons. The van der Waals surface area contributed by atoms with E-state index in [0.717, 1.165) is 16.8 Å². The van der Waals surface area contributed by atoms with Crippen LogP contribution in [0.15, 0.2) is 81.8 Å². The van der Waals surface area contributed by atoms with Crippen LogP contribution in [0.4, 0.5) is 0 Å². The number of fused-ring (bicyclic) bond motifs is 1. The monoisotopic (exact) mass is 510 g/mol. The van der Waals surface area contributed by atoms with Crippen molar-refractivity contribution in [1.29, 1.82) is 0 Å². The average molecular weight is 511 g/mol. The summed E-state index contributed by atoms with van der Waals surface area (Å²) in [7, 11) is 0. The van der Waals surface area contributed by atoms with Crippen LogP contribution in [0.1, 0.15) is 18.1 Å². The molecule has 0 aliphatic carbocycles. The number of nitrogens with zero attached hydrogens (tertiary/aromatic N) is 3. The van der Waals surface area contributed by atoms with E-state index in [9.17, 15) is 9.59 Å². The molecule has 6 nitrogen and oxygen atoms in total. The molecule has 1 heterocycles. The molecule has 0 bridgehead atoms. The lowest BCUT2D eigenvalue weighted by Crippen LogP contribution is -2.25. The van der Waals surface area contributed by atoms with Crippen molar-refractivity contribution < 1.29 is 4.79 Å². The van der Waals surface area contributed by atoms with E-state index in [-0.39, 0.29) is 17.2 Å². The second-order valence-electron chi connectivity index (χ2n) is 7.49. The van der Waals surface area contributed by atoms with E-state index in [1.807, 2.05) is 43.3 Å². The molecule has 0 saturated heterocycles. The summed E-state index contributed by atoms with van der Waals surface area (Å²) in [5, 5.41) is 5.95. The highest BCUT2D eigenvalue weighted by atomic mass is 35.5. The molecule has 3 aromatic carbocycles. The number of carbonyl (C=O) groups excluding carboxylic acids is 1. The molecule has 34 heavy (non-hydrogen) atoms. The van der Waals surface area contributed by atoms with E-state index in [4.69, 9.17) is 23.2 Å². The largest absolute Gasteiger partial charge is 0.272 e. The Morgan fingerprint density at radius 1 is 1.06 bits per heavy atom. The number of carbonyl (C=O) groups is 1. The van der Waals surface area contributed by atoms with Gasteiger partial charge in [0.15, 0.2) is 5.16 Å². The number of nitrogens with one attached hydrogen (secondary N) is 1. The first-order chi connectivity index (χ1) is 16.3. The summed E-state index contributed by atoms with van der Waals surface area (Å²) in [6, 6.07) is 19.9. The lowest BCUT2D eigenvalue weighted by atomic mass is 10.1. The normalized spacial score (nSPS) is 11.6. The Kier molecular flexibility index (Phi) is 7.36. The summed E-state index contributed by atoms with van der Waals surface area (Å²) in [5.41, 5.74) is 5.91. The fraction of sp³-hybridized carbons (Fsp3) is 0.120. The van der Waals surface area contributed by atoms with Crippen molar-refractivity contribution in [2.75, 3.05) is 5.75 Å². The van der Waals surface area contributed by atoms with Gasteiger partial charge < -0.3 is 0 Å². The molecule has 0 unspecified atom stereocenters. The van der Waals surface area contributed by atoms with Crippen LogP contribution < -0.4 is 11.0 Å². The molecule has 0 fully saturated rings. The minimum absolute atomic E-state index is 0.0226. The van der Waals surface area contributed by atoms with Crippen LogP contribution in [-0.4, -0.2) is 26.9 Å². The smallest absolute Gasteiger partial charge is 0.266 e. The number of hydrazone groups is 1. The molecule has 1 N–H and O–H groups in total. The number of hydrogen-bond donors (Lipinski definition) is 1. The Balaban J connectivity index is 1.59. The molecule has 9 heteroatoms. The first-order valence-electron chi connectivity index (χ1n) is 10.3. The van der Waals surface area contributed by atoms with E-state index < -0.39 is 0 Å². The molecule has 0 aliphatic heterocycles. The lowest BCUT2D eigenvalue weighted by Gasteiger charge is -2.14. The quantitative estimate of drug-likeness (QED) is 0.158. The van der Waals surface area contributed by atoms with E-state index in [2.05, 4.69) is 15.5 Å². The third-order valence-corrected chi connectivity index (χ3v) is 6.80. The van der Waals surface area contributed by atoms with Gasteiger partial charge in [0.1, 0.15) is 0 Å². The van der Waals surface area contributed by atoms with Crippen molar-refractivity contribution in [2.45, 2.75) is 19.0 Å². The number of benzene rings is 3. The third-order valence-electron chi connectivity index (χ3n) is 5.12. The van der Waals surface area contributed by atoms with Gasteiger partial charge in [0.25, 0.3) is 11.5 Å². The number of aryl methyl sites for hydroxylation is 1. The molecule has 4 aromatic rings. The van der Waals surface area contributed by atoms with Crippen molar-refractivity contribution in [2.24, 2.45) is 5.10 Å². The standard InChI is InChI=1S/C25H20Cl2N4O2S/c1-15-7-3-6-10-22(15)31-24(33)18-8-4-5-9-21(18)28-25(31)34-14-23(32)30-29-16(2)17-11-12-19(26)20(27)13-17/h3-13H,14H2,1-2H3,(H,30,32). The van der Waals surface area contributed by atoms with Crippen molar-refractivity contribution in [3.8, 4) is 5.69 Å². The van der Waals surface area contributed by atoms with Crippen LogP contribution in [0, 0.1) is 6.92 Å². The van der Waals surface area contributed by atoms with Crippen molar-refractivity contribution in [3.63, 3.8) is 0 Å². The first kappa shape index (κ1) is 24.0. The van der Waals surface area contributed by atoms with Crippen LogP contribution in [-0.2, 0) is 4.79 Å². The Morgan fingerprint density at radius 3 is 2.56 bits per heavy atom. The minimum Gasteiger partial charge on any atom is -0.272 e. The van der Waals surface area contributed by atoms with Gasteiger partial charge in [-0.15, -0.1) is 0 Å². The summed E-state index contributed by atoms with van der Waals surface area (Å²) in [6.07, 6.45) is 0. The molecule has 4 rings (SSSR count). The molecule has 1 aromatic heterocycles. The van der Waals surface area contributed by atoms with Crippen LogP contribution in [0.3, 0.4) is 0 Å². The van der Waals surface area contributed by atoms with Crippen LogP contribution in [0.25, 0.3) is 16.6 Å². The SMILES string of the molecule is CC(=NNC(=O)CSc1nc2ccccc2c(=O)n1-c1ccccc1C)c1ccc(Cl)c(Cl)c1. The van der Waals surface area contributed by atoms with E-state index >= 15 is 0 Å². The number of hydrogen-bond acceptors (Lipinski definition) is 5. The van der Waals surface area contributed by atoms with Crippen LogP contribution >= 0.6 is 35.0 Å². The maximum absolute atomic E-state index is 13.3. The van der Waals surface area contributed by atoms with Gasteiger partial charge in [-0.1, -0.05) is 71.4 Å². The Labute approximate surface area is 210 Å². The lowest BCUT2D eigenvalue weighted by molar-refractivity contribution is -0.118. The number of halogens is 2. The van der Waals surface area contributed by atoms with Gasteiger partial charge in [-0.25, -0.2) is 10.4 Å². The Morgan fingerprint density at radius 2 is 1.79 bits per heavy atom. The third kappa shape index (κ3) is 5.17. The summed E-state index contributed by atoms with van der Waals surface area (Å²) in [6.45, 7) is 3.69. The average Bonchev–Trinajstić information content (AvgIpc) is 2.84. The molecular formula is C25H20Cl2N4O2S. The summed E-state index contributed by atoms with van der Waals surface area (Å²) in [5.74, 6) is -0.308. The van der Waals surface area contributed by atoms with Gasteiger partial charge in [0.05, 0.1) is 38.1 Å². The van der Waals surface area contributed by atoms with Crippen LogP contribution in [0.2, 0.25) is 10.0 Å². The second kappa shape index (κ2) is 10.4. The number of rotatable bonds is 6. The maximum Gasteiger partial charge on any atom is 0.266 e. The fourth-order valence-electron chi connectivity index (χ4n) is 3.33. The number of amides is 1.